The molecule has 10 aromatic rings. The van der Waals surface area contributed by atoms with Gasteiger partial charge in [0.1, 0.15) is 11.0 Å². The first-order valence-corrected chi connectivity index (χ1v) is 18.1. The molecule has 0 atom stereocenters. The minimum Gasteiger partial charge on any atom is -0.456 e. The lowest BCUT2D eigenvalue weighted by molar-refractivity contribution is 0.572. The Balaban J connectivity index is 1.26. The molecule has 6 heteroatoms. The Labute approximate surface area is 296 Å². The molecule has 240 valence electrons. The zero-order valence-electron chi connectivity index (χ0n) is 27.4. The predicted octanol–water partition coefficient (Wildman–Crippen LogP) is 10.4. The molecule has 11 rings (SSSR count). The molecule has 0 radical (unpaired) electrons. The van der Waals surface area contributed by atoms with Crippen molar-refractivity contribution in [1.29, 1.82) is 0 Å². The van der Waals surface area contributed by atoms with Gasteiger partial charge in [-0.1, -0.05) is 103 Å². The van der Waals surface area contributed by atoms with Gasteiger partial charge >= 0.3 is 0 Å². The molecule has 0 spiro atoms. The third-order valence-corrected chi connectivity index (χ3v) is 11.2. The van der Waals surface area contributed by atoms with Crippen LogP contribution in [0.4, 0.5) is 0 Å². The summed E-state index contributed by atoms with van der Waals surface area (Å²) in [5.74, 6) is 1.86. The molecule has 0 aliphatic heterocycles. The Morgan fingerprint density at radius 3 is 1.92 bits per heavy atom. The molecule has 51 heavy (non-hydrogen) atoms. The Bertz CT molecular complexity index is 3080. The fourth-order valence-electron chi connectivity index (χ4n) is 7.73. The number of hydrogen-bond acceptors (Lipinski definition) is 5. The molecule has 0 amide bonds. The molecule has 0 fully saturated rings. The topological polar surface area (TPSA) is 56.7 Å². The van der Waals surface area contributed by atoms with Gasteiger partial charge in [-0.3, -0.25) is 0 Å². The van der Waals surface area contributed by atoms with Crippen LogP contribution < -0.4 is 10.6 Å². The zero-order chi connectivity index (χ0) is 33.5. The highest BCUT2D eigenvalue weighted by atomic mass is 32.1. The van der Waals surface area contributed by atoms with E-state index in [4.69, 9.17) is 19.4 Å². The van der Waals surface area contributed by atoms with Crippen LogP contribution >= 0.6 is 11.3 Å². The molecule has 0 unspecified atom stereocenters. The van der Waals surface area contributed by atoms with Gasteiger partial charge in [-0.05, 0) is 55.3 Å². The molecule has 4 aromatic heterocycles. The number of nitrogens with zero attached hydrogens (tertiary/aromatic N) is 4. The summed E-state index contributed by atoms with van der Waals surface area (Å²) in [7, 11) is 0. The zero-order valence-corrected chi connectivity index (χ0v) is 28.2. The van der Waals surface area contributed by atoms with Gasteiger partial charge in [0.2, 0.25) is 0 Å². The molecular weight excluding hydrogens is 645 g/mol. The van der Waals surface area contributed by atoms with Crippen LogP contribution in [0, 0.1) is 0 Å². The first kappa shape index (κ1) is 28.5. The monoisotopic (exact) mass is 672 g/mol. The SMILES string of the molecule is C1=c2oc3cc(-c4nc(-c5ccccc5)nc(-c5ccccc5)n4)cc(-n4c5ccccc5c5cc6sc7ccccc7c6cc54)c3c2=CCC1. The van der Waals surface area contributed by atoms with Gasteiger partial charge in [-0.2, -0.15) is 0 Å². The standard InChI is InChI=1S/C45H28N4OS/c1-3-13-27(14-4-1)43-46-44(28-15-5-2-6-16-28)48-45(47-43)29-23-37(42-32-19-8-11-21-38(32)50-39(42)24-29)49-35-20-10-7-17-30(35)33-26-41-34(25-36(33)49)31-18-9-12-22-40(31)51-41/h1-7,9-10,12-26H,8,11H2. The predicted molar refractivity (Wildman–Crippen MR) is 211 cm³/mol. The van der Waals surface area contributed by atoms with Crippen molar-refractivity contribution in [2.45, 2.75) is 12.8 Å². The average Bonchev–Trinajstić information content (AvgIpc) is 3.86. The van der Waals surface area contributed by atoms with E-state index in [-0.39, 0.29) is 0 Å². The van der Waals surface area contributed by atoms with E-state index in [9.17, 15) is 0 Å². The van der Waals surface area contributed by atoms with Gasteiger partial charge in [0.15, 0.2) is 17.5 Å². The molecule has 0 saturated heterocycles. The Hall–Kier alpha value is -6.37. The van der Waals surface area contributed by atoms with E-state index >= 15 is 0 Å². The summed E-state index contributed by atoms with van der Waals surface area (Å²) < 4.78 is 11.7. The van der Waals surface area contributed by atoms with Gasteiger partial charge in [-0.15, -0.1) is 11.3 Å². The van der Waals surface area contributed by atoms with Gasteiger partial charge in [0.25, 0.3) is 0 Å². The first-order valence-electron chi connectivity index (χ1n) is 17.3. The second-order valence-corrected chi connectivity index (χ2v) is 14.2. The highest BCUT2D eigenvalue weighted by Gasteiger charge is 2.22. The molecule has 0 N–H and O–H groups in total. The maximum Gasteiger partial charge on any atom is 0.164 e. The minimum atomic E-state index is 0.597. The summed E-state index contributed by atoms with van der Waals surface area (Å²) in [5, 5.41) is 7.25. The van der Waals surface area contributed by atoms with E-state index in [1.165, 1.54) is 30.9 Å². The molecule has 1 aliphatic carbocycles. The van der Waals surface area contributed by atoms with Crippen molar-refractivity contribution in [1.82, 2.24) is 19.5 Å². The molecular formula is C45H28N4OS. The largest absolute Gasteiger partial charge is 0.456 e. The molecule has 0 saturated carbocycles. The lowest BCUT2D eigenvalue weighted by Gasteiger charge is -2.13. The summed E-state index contributed by atoms with van der Waals surface area (Å²) in [6, 6.07) is 46.8. The number of para-hydroxylation sites is 1. The highest BCUT2D eigenvalue weighted by molar-refractivity contribution is 7.25. The molecule has 1 aliphatic rings. The second kappa shape index (κ2) is 11.1. The summed E-state index contributed by atoms with van der Waals surface area (Å²) in [5.41, 5.74) is 7.84. The summed E-state index contributed by atoms with van der Waals surface area (Å²) >= 11 is 1.86. The number of rotatable bonds is 4. The van der Waals surface area contributed by atoms with Crippen LogP contribution in [0.15, 0.2) is 138 Å². The van der Waals surface area contributed by atoms with Crippen molar-refractivity contribution in [3.05, 3.63) is 144 Å². The molecule has 4 heterocycles. The Morgan fingerprint density at radius 2 is 1.16 bits per heavy atom. The van der Waals surface area contributed by atoms with Crippen LogP contribution in [-0.4, -0.2) is 19.5 Å². The van der Waals surface area contributed by atoms with Crippen LogP contribution in [0.5, 0.6) is 0 Å². The lowest BCUT2D eigenvalue weighted by atomic mass is 10.0. The third kappa shape index (κ3) is 4.43. The van der Waals surface area contributed by atoms with Crippen LogP contribution in [0.3, 0.4) is 0 Å². The van der Waals surface area contributed by atoms with Gasteiger partial charge in [0, 0.05) is 52.9 Å². The number of benzene rings is 6. The van der Waals surface area contributed by atoms with Gasteiger partial charge in [0.05, 0.1) is 22.1 Å². The number of fused-ring (bicyclic) bond motifs is 9. The van der Waals surface area contributed by atoms with E-state index in [2.05, 4.69) is 89.5 Å². The van der Waals surface area contributed by atoms with Crippen molar-refractivity contribution in [3.8, 4) is 39.9 Å². The van der Waals surface area contributed by atoms with Gasteiger partial charge < -0.3 is 8.98 Å². The van der Waals surface area contributed by atoms with E-state index < -0.39 is 0 Å². The fourth-order valence-corrected chi connectivity index (χ4v) is 8.86. The van der Waals surface area contributed by atoms with Crippen molar-refractivity contribution >= 4 is 76.4 Å². The highest BCUT2D eigenvalue weighted by Crippen LogP contribution is 2.42. The minimum absolute atomic E-state index is 0.597. The van der Waals surface area contributed by atoms with Crippen LogP contribution in [-0.2, 0) is 0 Å². The third-order valence-electron chi connectivity index (χ3n) is 10.1. The first-order chi connectivity index (χ1) is 25.3. The maximum atomic E-state index is 6.69. The second-order valence-electron chi connectivity index (χ2n) is 13.1. The van der Waals surface area contributed by atoms with Crippen molar-refractivity contribution in [3.63, 3.8) is 0 Å². The smallest absolute Gasteiger partial charge is 0.164 e. The van der Waals surface area contributed by atoms with Crippen LogP contribution in [0.25, 0.3) is 105 Å². The summed E-state index contributed by atoms with van der Waals surface area (Å²) in [6.45, 7) is 0. The Kier molecular flexibility index (Phi) is 6.18. The number of aromatic nitrogens is 4. The lowest BCUT2D eigenvalue weighted by Crippen LogP contribution is -2.22. The van der Waals surface area contributed by atoms with Crippen molar-refractivity contribution in [2.75, 3.05) is 0 Å². The van der Waals surface area contributed by atoms with E-state index in [1.807, 2.05) is 72.0 Å². The summed E-state index contributed by atoms with van der Waals surface area (Å²) in [4.78, 5) is 15.2. The normalized spacial score (nSPS) is 12.9. The van der Waals surface area contributed by atoms with E-state index in [1.54, 1.807) is 0 Å². The number of furan rings is 1. The van der Waals surface area contributed by atoms with E-state index in [0.717, 1.165) is 67.9 Å². The number of hydrogen-bond donors (Lipinski definition) is 0. The quantitative estimate of drug-likeness (QED) is 0.187. The molecule has 6 aromatic carbocycles. The molecule has 0 bridgehead atoms. The van der Waals surface area contributed by atoms with Crippen LogP contribution in [0.1, 0.15) is 12.8 Å². The van der Waals surface area contributed by atoms with Crippen molar-refractivity contribution in [2.24, 2.45) is 0 Å². The maximum absolute atomic E-state index is 6.69. The van der Waals surface area contributed by atoms with E-state index in [0.29, 0.717) is 17.5 Å². The fraction of sp³-hybridized carbons (Fsp3) is 0.0444. The Morgan fingerprint density at radius 1 is 0.510 bits per heavy atom. The number of thiophene rings is 1. The average molecular weight is 673 g/mol. The van der Waals surface area contributed by atoms with Crippen LogP contribution in [0.2, 0.25) is 0 Å². The molecule has 5 nitrogen and oxygen atoms in total. The summed E-state index contributed by atoms with van der Waals surface area (Å²) in [6.07, 6.45) is 6.48. The van der Waals surface area contributed by atoms with Crippen molar-refractivity contribution < 1.29 is 4.42 Å². The van der Waals surface area contributed by atoms with Gasteiger partial charge in [-0.25, -0.2) is 15.0 Å².